The van der Waals surface area contributed by atoms with Gasteiger partial charge in [-0.15, -0.1) is 0 Å². The summed E-state index contributed by atoms with van der Waals surface area (Å²) in [5.41, 5.74) is 6.76. The summed E-state index contributed by atoms with van der Waals surface area (Å²) in [5, 5.41) is 2.98. The van der Waals surface area contributed by atoms with E-state index in [-0.39, 0.29) is 5.91 Å². The summed E-state index contributed by atoms with van der Waals surface area (Å²) in [6, 6.07) is 9.26. The van der Waals surface area contributed by atoms with E-state index in [2.05, 4.69) is 12.2 Å². The number of carbonyl (C=O) groups excluding carboxylic acids is 1. The van der Waals surface area contributed by atoms with Crippen LogP contribution >= 0.6 is 0 Å². The molecule has 1 atom stereocenters. The van der Waals surface area contributed by atoms with E-state index in [4.69, 9.17) is 5.73 Å². The number of nitrogens with one attached hydrogen (secondary N) is 1. The molecule has 1 aliphatic rings. The minimum atomic E-state index is -0.544. The van der Waals surface area contributed by atoms with E-state index in [1.54, 1.807) is 0 Å². The molecular formula is C13H18N2O. The fraction of sp³-hybridized carbons (Fsp3) is 0.462. The van der Waals surface area contributed by atoms with E-state index >= 15 is 0 Å². The van der Waals surface area contributed by atoms with Crippen LogP contribution in [-0.2, 0) is 4.79 Å². The van der Waals surface area contributed by atoms with Gasteiger partial charge in [-0.2, -0.15) is 0 Å². The first-order chi connectivity index (χ1) is 7.66. The van der Waals surface area contributed by atoms with Crippen LogP contribution in [-0.4, -0.2) is 11.9 Å². The van der Waals surface area contributed by atoms with Crippen molar-refractivity contribution in [3.8, 4) is 0 Å². The lowest BCUT2D eigenvalue weighted by molar-refractivity contribution is -0.124. The van der Waals surface area contributed by atoms with Crippen LogP contribution < -0.4 is 11.1 Å². The number of carbonyl (C=O) groups is 1. The highest BCUT2D eigenvalue weighted by Crippen LogP contribution is 2.26. The van der Waals surface area contributed by atoms with Crippen LogP contribution in [0, 0.1) is 5.92 Å². The molecule has 0 radical (unpaired) electrons. The number of benzene rings is 1. The first-order valence-corrected chi connectivity index (χ1v) is 5.77. The molecule has 2 rings (SSSR count). The van der Waals surface area contributed by atoms with Crippen molar-refractivity contribution < 1.29 is 4.79 Å². The summed E-state index contributed by atoms with van der Waals surface area (Å²) in [4.78, 5) is 11.8. The number of nitrogens with two attached hydrogens (primary N) is 1. The third-order valence-corrected chi connectivity index (χ3v) is 3.16. The zero-order valence-electron chi connectivity index (χ0n) is 9.52. The van der Waals surface area contributed by atoms with Gasteiger partial charge in [-0.25, -0.2) is 0 Å². The lowest BCUT2D eigenvalue weighted by Gasteiger charge is -2.34. The summed E-state index contributed by atoms with van der Waals surface area (Å²) in [5.74, 6) is 0.668. The van der Waals surface area contributed by atoms with Crippen LogP contribution in [0.5, 0.6) is 0 Å². The third kappa shape index (κ3) is 2.42. The van der Waals surface area contributed by atoms with Crippen molar-refractivity contribution in [1.82, 2.24) is 5.32 Å². The molecule has 0 aromatic heterocycles. The smallest absolute Gasteiger partial charge is 0.241 e. The van der Waals surface area contributed by atoms with E-state index in [1.807, 2.05) is 30.3 Å². The Morgan fingerprint density at radius 3 is 2.56 bits per heavy atom. The van der Waals surface area contributed by atoms with Crippen molar-refractivity contribution in [1.29, 1.82) is 0 Å². The van der Waals surface area contributed by atoms with Crippen LogP contribution in [0.25, 0.3) is 0 Å². The van der Waals surface area contributed by atoms with Crippen LogP contribution in [0.15, 0.2) is 30.3 Å². The van der Waals surface area contributed by atoms with Gasteiger partial charge >= 0.3 is 0 Å². The first-order valence-electron chi connectivity index (χ1n) is 5.77. The number of rotatable bonds is 3. The topological polar surface area (TPSA) is 55.1 Å². The number of hydrogen-bond donors (Lipinski definition) is 2. The molecule has 0 aliphatic heterocycles. The van der Waals surface area contributed by atoms with Gasteiger partial charge in [0.2, 0.25) is 5.91 Å². The monoisotopic (exact) mass is 218 g/mol. The van der Waals surface area contributed by atoms with Crippen molar-refractivity contribution in [2.45, 2.75) is 31.8 Å². The van der Waals surface area contributed by atoms with Gasteiger partial charge in [0.15, 0.2) is 0 Å². The summed E-state index contributed by atoms with van der Waals surface area (Å²) in [7, 11) is 0. The second kappa shape index (κ2) is 4.66. The number of amides is 1. The van der Waals surface area contributed by atoms with Gasteiger partial charge in [0.25, 0.3) is 0 Å². The Morgan fingerprint density at radius 2 is 2.00 bits per heavy atom. The van der Waals surface area contributed by atoms with Crippen LogP contribution in [0.2, 0.25) is 0 Å². The van der Waals surface area contributed by atoms with Crippen molar-refractivity contribution >= 4 is 5.91 Å². The quantitative estimate of drug-likeness (QED) is 0.809. The largest absolute Gasteiger partial charge is 0.352 e. The highest BCUT2D eigenvalue weighted by Gasteiger charge is 2.28. The molecule has 1 aromatic carbocycles. The van der Waals surface area contributed by atoms with Crippen LogP contribution in [0.3, 0.4) is 0 Å². The van der Waals surface area contributed by atoms with E-state index in [0.717, 1.165) is 24.3 Å². The Kier molecular flexibility index (Phi) is 3.25. The highest BCUT2D eigenvalue weighted by molar-refractivity contribution is 5.83. The maximum atomic E-state index is 11.8. The lowest BCUT2D eigenvalue weighted by Crippen LogP contribution is -2.46. The van der Waals surface area contributed by atoms with Gasteiger partial charge in [-0.3, -0.25) is 4.79 Å². The standard InChI is InChI=1S/C13H18N2O/c1-9-7-11(8-9)15-13(16)12(14)10-5-3-2-4-6-10/h2-6,9,11-12H,7-8,14H2,1H3,(H,15,16)/t9?,11?,12-/m1/s1. The highest BCUT2D eigenvalue weighted by atomic mass is 16.2. The third-order valence-electron chi connectivity index (χ3n) is 3.16. The molecule has 16 heavy (non-hydrogen) atoms. The molecule has 0 unspecified atom stereocenters. The van der Waals surface area contributed by atoms with Gasteiger partial charge in [-0.05, 0) is 24.3 Å². The summed E-state index contributed by atoms with van der Waals surface area (Å²) in [6.45, 7) is 2.19. The molecule has 3 nitrogen and oxygen atoms in total. The van der Waals surface area contributed by atoms with E-state index < -0.39 is 6.04 Å². The Morgan fingerprint density at radius 1 is 1.38 bits per heavy atom. The Bertz CT molecular complexity index is 357. The van der Waals surface area contributed by atoms with E-state index in [0.29, 0.717) is 6.04 Å². The van der Waals surface area contributed by atoms with Gasteiger partial charge in [0.05, 0.1) is 0 Å². The zero-order valence-corrected chi connectivity index (χ0v) is 9.52. The first kappa shape index (κ1) is 11.1. The normalized spacial score (nSPS) is 25.6. The molecule has 0 spiro atoms. The molecule has 0 saturated heterocycles. The molecule has 1 fully saturated rings. The number of hydrogen-bond acceptors (Lipinski definition) is 2. The maximum absolute atomic E-state index is 11.8. The Balaban J connectivity index is 1.90. The Hall–Kier alpha value is -1.35. The summed E-state index contributed by atoms with van der Waals surface area (Å²) >= 11 is 0. The minimum Gasteiger partial charge on any atom is -0.352 e. The van der Waals surface area contributed by atoms with Crippen molar-refractivity contribution in [2.24, 2.45) is 11.7 Å². The van der Waals surface area contributed by atoms with E-state index in [1.165, 1.54) is 0 Å². The van der Waals surface area contributed by atoms with Crippen LogP contribution in [0.4, 0.5) is 0 Å². The molecule has 1 amide bonds. The fourth-order valence-electron chi connectivity index (χ4n) is 2.12. The van der Waals surface area contributed by atoms with Gasteiger partial charge in [0.1, 0.15) is 6.04 Å². The molecule has 3 heteroatoms. The Labute approximate surface area is 96.0 Å². The molecule has 3 N–H and O–H groups in total. The minimum absolute atomic E-state index is 0.0666. The van der Waals surface area contributed by atoms with Gasteiger partial charge in [-0.1, -0.05) is 37.3 Å². The lowest BCUT2D eigenvalue weighted by atomic mass is 9.82. The molecular weight excluding hydrogens is 200 g/mol. The second-order valence-electron chi connectivity index (χ2n) is 4.67. The summed E-state index contributed by atoms with van der Waals surface area (Å²) in [6.07, 6.45) is 2.15. The molecule has 1 aromatic rings. The van der Waals surface area contributed by atoms with Crippen molar-refractivity contribution in [3.63, 3.8) is 0 Å². The van der Waals surface area contributed by atoms with Gasteiger partial charge in [0, 0.05) is 6.04 Å². The van der Waals surface area contributed by atoms with Gasteiger partial charge < -0.3 is 11.1 Å². The molecule has 86 valence electrons. The fourth-order valence-corrected chi connectivity index (χ4v) is 2.12. The molecule has 0 bridgehead atoms. The SMILES string of the molecule is CC1CC(NC(=O)[C@H](N)c2ccccc2)C1. The maximum Gasteiger partial charge on any atom is 0.241 e. The zero-order chi connectivity index (χ0) is 11.5. The average Bonchev–Trinajstić information content (AvgIpc) is 2.27. The van der Waals surface area contributed by atoms with E-state index in [9.17, 15) is 4.79 Å². The average molecular weight is 218 g/mol. The molecule has 1 saturated carbocycles. The molecule has 0 heterocycles. The van der Waals surface area contributed by atoms with Crippen molar-refractivity contribution in [2.75, 3.05) is 0 Å². The second-order valence-corrected chi connectivity index (χ2v) is 4.67. The summed E-state index contributed by atoms with van der Waals surface area (Å²) < 4.78 is 0. The predicted molar refractivity (Wildman–Crippen MR) is 63.7 cm³/mol. The van der Waals surface area contributed by atoms with Crippen molar-refractivity contribution in [3.05, 3.63) is 35.9 Å². The predicted octanol–water partition coefficient (Wildman–Crippen LogP) is 1.60. The molecule has 1 aliphatic carbocycles. The van der Waals surface area contributed by atoms with Crippen LogP contribution in [0.1, 0.15) is 31.4 Å².